The number of nitrogens with zero attached hydrogens (tertiary/aromatic N) is 2. The lowest BCUT2D eigenvalue weighted by atomic mass is 9.71. The van der Waals surface area contributed by atoms with E-state index in [1.165, 1.54) is 0 Å². The second-order valence-electron chi connectivity index (χ2n) is 7.69. The molecule has 0 aliphatic heterocycles. The summed E-state index contributed by atoms with van der Waals surface area (Å²) in [7, 11) is 1.59. The third-order valence-corrected chi connectivity index (χ3v) is 5.89. The van der Waals surface area contributed by atoms with Crippen molar-refractivity contribution in [2.24, 2.45) is 0 Å². The maximum absolute atomic E-state index is 12.8. The number of aliphatic hydroxyl groups is 1. The van der Waals surface area contributed by atoms with Crippen LogP contribution in [0.15, 0.2) is 60.8 Å². The Morgan fingerprint density at radius 2 is 1.90 bits per heavy atom. The van der Waals surface area contributed by atoms with Crippen molar-refractivity contribution in [2.45, 2.75) is 31.4 Å². The first-order chi connectivity index (χ1) is 15.1. The van der Waals surface area contributed by atoms with Gasteiger partial charge in [0.15, 0.2) is 0 Å². The lowest BCUT2D eigenvalue weighted by Gasteiger charge is -2.43. The molecule has 2 N–H and O–H groups in total. The Morgan fingerprint density at radius 1 is 1.19 bits per heavy atom. The molecule has 2 aromatic carbocycles. The largest absolute Gasteiger partial charge is 0.496 e. The number of aliphatic hydroxyl groups excluding tert-OH is 1. The molecule has 1 aliphatic rings. The Morgan fingerprint density at radius 3 is 2.45 bits per heavy atom. The molecule has 1 aromatic heterocycles. The van der Waals surface area contributed by atoms with Gasteiger partial charge in [-0.1, -0.05) is 24.3 Å². The van der Waals surface area contributed by atoms with E-state index >= 15 is 0 Å². The number of pyridine rings is 1. The van der Waals surface area contributed by atoms with Crippen molar-refractivity contribution in [1.82, 2.24) is 10.3 Å². The van der Waals surface area contributed by atoms with Gasteiger partial charge < -0.3 is 15.2 Å². The predicted molar refractivity (Wildman–Crippen MR) is 116 cm³/mol. The summed E-state index contributed by atoms with van der Waals surface area (Å²) < 4.78 is 5.46. The zero-order valence-corrected chi connectivity index (χ0v) is 17.3. The van der Waals surface area contributed by atoms with Gasteiger partial charge in [-0.25, -0.2) is 0 Å². The molecule has 0 atom stereocenters. The molecule has 156 valence electrons. The number of hydrogen-bond acceptors (Lipinski definition) is 5. The molecule has 1 aliphatic carbocycles. The number of aromatic nitrogens is 1. The molecule has 0 unspecified atom stereocenters. The van der Waals surface area contributed by atoms with Gasteiger partial charge in [0, 0.05) is 23.4 Å². The molecule has 31 heavy (non-hydrogen) atoms. The Labute approximate surface area is 181 Å². The SMILES string of the molecule is COc1cc(CO)ncc1-c1ccc(C2(NC(=O)c3ccc(C#N)cc3)CCC2)cc1. The summed E-state index contributed by atoms with van der Waals surface area (Å²) in [5.41, 5.74) is 4.09. The van der Waals surface area contributed by atoms with Crippen LogP contribution in [0, 0.1) is 11.3 Å². The average molecular weight is 413 g/mol. The Balaban J connectivity index is 1.57. The molecule has 6 heteroatoms. The summed E-state index contributed by atoms with van der Waals surface area (Å²) in [5, 5.41) is 21.4. The first-order valence-electron chi connectivity index (χ1n) is 10.2. The van der Waals surface area contributed by atoms with Crippen LogP contribution >= 0.6 is 0 Å². The van der Waals surface area contributed by atoms with Gasteiger partial charge in [0.05, 0.1) is 36.6 Å². The highest BCUT2D eigenvalue weighted by Crippen LogP contribution is 2.42. The number of nitrogens with one attached hydrogen (secondary N) is 1. The topological polar surface area (TPSA) is 95.2 Å². The van der Waals surface area contributed by atoms with E-state index < -0.39 is 0 Å². The molecule has 0 spiro atoms. The maximum Gasteiger partial charge on any atom is 0.251 e. The predicted octanol–water partition coefficient (Wildman–Crippen LogP) is 3.93. The first kappa shape index (κ1) is 20.6. The molecule has 0 saturated heterocycles. The molecule has 1 saturated carbocycles. The van der Waals surface area contributed by atoms with Crippen LogP contribution in [0.4, 0.5) is 0 Å². The highest BCUT2D eigenvalue weighted by Gasteiger charge is 2.40. The minimum atomic E-state index is -0.382. The number of nitriles is 1. The van der Waals surface area contributed by atoms with Crippen molar-refractivity contribution >= 4 is 5.91 Å². The van der Waals surface area contributed by atoms with E-state index in [1.54, 1.807) is 43.6 Å². The molecule has 3 aromatic rings. The molecule has 4 rings (SSSR count). The van der Waals surface area contributed by atoms with Gasteiger partial charge in [-0.15, -0.1) is 0 Å². The molecule has 1 fully saturated rings. The van der Waals surface area contributed by atoms with Gasteiger partial charge in [-0.2, -0.15) is 5.26 Å². The summed E-state index contributed by atoms with van der Waals surface area (Å²) in [5.74, 6) is 0.512. The molecule has 0 bridgehead atoms. The summed E-state index contributed by atoms with van der Waals surface area (Å²) in [6, 6.07) is 18.5. The fourth-order valence-corrected chi connectivity index (χ4v) is 3.92. The van der Waals surface area contributed by atoms with E-state index in [2.05, 4.69) is 16.4 Å². The Hall–Kier alpha value is -3.69. The minimum absolute atomic E-state index is 0.140. The normalized spacial score (nSPS) is 14.2. The Bertz CT molecular complexity index is 1130. The van der Waals surface area contributed by atoms with E-state index in [4.69, 9.17) is 10.00 Å². The standard InChI is InChI=1S/C25H23N3O3/c1-31-23-13-21(16-29)27-15-22(23)18-7-9-20(10-8-18)25(11-2-12-25)28-24(30)19-5-3-17(14-26)4-6-19/h3-10,13,15,29H,2,11-12,16H2,1H3,(H,28,30). The number of methoxy groups -OCH3 is 1. The van der Waals surface area contributed by atoms with E-state index in [0.29, 0.717) is 22.6 Å². The van der Waals surface area contributed by atoms with Gasteiger partial charge in [0.1, 0.15) is 5.75 Å². The highest BCUT2D eigenvalue weighted by atomic mass is 16.5. The van der Waals surface area contributed by atoms with Crippen LogP contribution in [0.5, 0.6) is 5.75 Å². The molecule has 1 heterocycles. The van der Waals surface area contributed by atoms with Gasteiger partial charge in [-0.05, 0) is 54.7 Å². The number of ether oxygens (including phenoxy) is 1. The smallest absolute Gasteiger partial charge is 0.251 e. The zero-order valence-electron chi connectivity index (χ0n) is 17.3. The summed E-state index contributed by atoms with van der Waals surface area (Å²) in [6.45, 7) is -0.142. The lowest BCUT2D eigenvalue weighted by molar-refractivity contribution is 0.0823. The van der Waals surface area contributed by atoms with Gasteiger partial charge in [0.2, 0.25) is 0 Å². The third-order valence-electron chi connectivity index (χ3n) is 5.89. The first-order valence-corrected chi connectivity index (χ1v) is 10.2. The lowest BCUT2D eigenvalue weighted by Crippen LogP contribution is -2.50. The van der Waals surface area contributed by atoms with Crippen molar-refractivity contribution in [3.63, 3.8) is 0 Å². The second kappa shape index (κ2) is 8.58. The molecule has 1 amide bonds. The maximum atomic E-state index is 12.8. The Kier molecular flexibility index (Phi) is 5.70. The van der Waals surface area contributed by atoms with Crippen LogP contribution in [0.25, 0.3) is 11.1 Å². The van der Waals surface area contributed by atoms with Crippen molar-refractivity contribution in [3.05, 3.63) is 83.2 Å². The van der Waals surface area contributed by atoms with Crippen LogP contribution in [-0.2, 0) is 12.1 Å². The zero-order chi connectivity index (χ0) is 21.8. The number of hydrogen-bond donors (Lipinski definition) is 2. The third kappa shape index (κ3) is 4.00. The van der Waals surface area contributed by atoms with Crippen molar-refractivity contribution < 1.29 is 14.6 Å². The number of rotatable bonds is 6. The fraction of sp³-hybridized carbons (Fsp3) is 0.240. The van der Waals surface area contributed by atoms with Gasteiger partial charge in [0.25, 0.3) is 5.91 Å². The van der Waals surface area contributed by atoms with Crippen LogP contribution in [-0.4, -0.2) is 23.1 Å². The number of benzene rings is 2. The molecular formula is C25H23N3O3. The van der Waals surface area contributed by atoms with E-state index in [9.17, 15) is 9.90 Å². The van der Waals surface area contributed by atoms with Crippen molar-refractivity contribution in [1.29, 1.82) is 5.26 Å². The van der Waals surface area contributed by atoms with Gasteiger partial charge in [-0.3, -0.25) is 9.78 Å². The number of carbonyl (C=O) groups is 1. The summed E-state index contributed by atoms with van der Waals surface area (Å²) in [4.78, 5) is 17.1. The summed E-state index contributed by atoms with van der Waals surface area (Å²) in [6.07, 6.45) is 4.51. The van der Waals surface area contributed by atoms with Crippen LogP contribution in [0.3, 0.4) is 0 Å². The van der Waals surface area contributed by atoms with Crippen LogP contribution in [0.2, 0.25) is 0 Å². The highest BCUT2D eigenvalue weighted by molar-refractivity contribution is 5.95. The molecule has 0 radical (unpaired) electrons. The average Bonchev–Trinajstić information content (AvgIpc) is 2.81. The molecule has 6 nitrogen and oxygen atoms in total. The number of amides is 1. The van der Waals surface area contributed by atoms with E-state index in [1.807, 2.05) is 24.3 Å². The van der Waals surface area contributed by atoms with Gasteiger partial charge >= 0.3 is 0 Å². The second-order valence-corrected chi connectivity index (χ2v) is 7.69. The fourth-order valence-electron chi connectivity index (χ4n) is 3.92. The number of carbonyl (C=O) groups excluding carboxylic acids is 1. The van der Waals surface area contributed by atoms with Crippen molar-refractivity contribution in [2.75, 3.05) is 7.11 Å². The van der Waals surface area contributed by atoms with E-state index in [0.717, 1.165) is 36.0 Å². The molecular weight excluding hydrogens is 390 g/mol. The van der Waals surface area contributed by atoms with Crippen LogP contribution < -0.4 is 10.1 Å². The van der Waals surface area contributed by atoms with Crippen LogP contribution in [0.1, 0.15) is 46.4 Å². The van der Waals surface area contributed by atoms with Crippen molar-refractivity contribution in [3.8, 4) is 22.9 Å². The monoisotopic (exact) mass is 413 g/mol. The van der Waals surface area contributed by atoms with E-state index in [-0.39, 0.29) is 18.1 Å². The quantitative estimate of drug-likeness (QED) is 0.638. The minimum Gasteiger partial charge on any atom is -0.496 e. The summed E-state index contributed by atoms with van der Waals surface area (Å²) >= 11 is 0.